The van der Waals surface area contributed by atoms with E-state index in [1.807, 2.05) is 6.07 Å². The lowest BCUT2D eigenvalue weighted by Gasteiger charge is -2.10. The molecule has 26 heavy (non-hydrogen) atoms. The minimum atomic E-state index is -0.556. The normalized spacial score (nSPS) is 11.0. The molecule has 5 nitrogen and oxygen atoms in total. The Morgan fingerprint density at radius 3 is 2.85 bits per heavy atom. The Balaban J connectivity index is 2.34. The predicted molar refractivity (Wildman–Crippen MR) is 105 cm³/mol. The maximum absolute atomic E-state index is 12.4. The second kappa shape index (κ2) is 8.75. The first kappa shape index (κ1) is 19.8. The highest BCUT2D eigenvalue weighted by atomic mass is 79.9. The summed E-state index contributed by atoms with van der Waals surface area (Å²) in [5.41, 5.74) is 1.69. The van der Waals surface area contributed by atoms with Gasteiger partial charge in [0.1, 0.15) is 11.6 Å². The van der Waals surface area contributed by atoms with Crippen LogP contribution in [0.25, 0.3) is 6.08 Å². The Hall–Kier alpha value is -2.49. The number of aromatic hydroxyl groups is 1. The van der Waals surface area contributed by atoms with Crippen LogP contribution in [0.3, 0.4) is 0 Å². The summed E-state index contributed by atoms with van der Waals surface area (Å²) in [7, 11) is 0. The molecule has 134 valence electrons. The zero-order chi connectivity index (χ0) is 19.3. The van der Waals surface area contributed by atoms with Gasteiger partial charge in [0.25, 0.3) is 5.91 Å². The zero-order valence-electron chi connectivity index (χ0n) is 14.1. The van der Waals surface area contributed by atoms with Crippen LogP contribution in [-0.2, 0) is 4.79 Å². The quantitative estimate of drug-likeness (QED) is 0.508. The first-order chi connectivity index (χ1) is 12.4. The Bertz CT molecular complexity index is 920. The Labute approximate surface area is 165 Å². The van der Waals surface area contributed by atoms with Gasteiger partial charge in [0.15, 0.2) is 11.5 Å². The number of hydrogen-bond donors (Lipinski definition) is 2. The Kier molecular flexibility index (Phi) is 6.67. The summed E-state index contributed by atoms with van der Waals surface area (Å²) in [4.78, 5) is 12.4. The highest BCUT2D eigenvalue weighted by Crippen LogP contribution is 2.36. The average Bonchev–Trinajstić information content (AvgIpc) is 2.61. The number of rotatable bonds is 5. The van der Waals surface area contributed by atoms with E-state index in [4.69, 9.17) is 16.3 Å². The Morgan fingerprint density at radius 1 is 1.46 bits per heavy atom. The van der Waals surface area contributed by atoms with Crippen molar-refractivity contribution in [1.82, 2.24) is 0 Å². The third-order valence-electron chi connectivity index (χ3n) is 3.54. The van der Waals surface area contributed by atoms with E-state index in [1.54, 1.807) is 44.2 Å². The fourth-order valence-electron chi connectivity index (χ4n) is 2.19. The van der Waals surface area contributed by atoms with Crippen LogP contribution >= 0.6 is 27.5 Å². The summed E-state index contributed by atoms with van der Waals surface area (Å²) in [5, 5.41) is 22.5. The number of nitrogens with zero attached hydrogens (tertiary/aromatic N) is 1. The van der Waals surface area contributed by atoms with Crippen LogP contribution in [0.1, 0.15) is 18.1 Å². The van der Waals surface area contributed by atoms with E-state index in [2.05, 4.69) is 21.2 Å². The number of phenolic OH excluding ortho intramolecular Hbond substituents is 1. The maximum atomic E-state index is 12.4. The number of amides is 1. The van der Waals surface area contributed by atoms with E-state index in [1.165, 1.54) is 6.08 Å². The zero-order valence-corrected chi connectivity index (χ0v) is 16.5. The topological polar surface area (TPSA) is 82.3 Å². The molecule has 0 aliphatic rings. The minimum Gasteiger partial charge on any atom is -0.503 e. The number of phenols is 1. The van der Waals surface area contributed by atoms with Crippen molar-refractivity contribution in [3.63, 3.8) is 0 Å². The average molecular weight is 436 g/mol. The van der Waals surface area contributed by atoms with E-state index >= 15 is 0 Å². The molecular formula is C19H16BrClN2O3. The molecule has 0 aromatic heterocycles. The van der Waals surface area contributed by atoms with Crippen LogP contribution in [0.5, 0.6) is 11.5 Å². The van der Waals surface area contributed by atoms with Gasteiger partial charge in [-0.05, 0) is 71.2 Å². The molecule has 0 heterocycles. The van der Waals surface area contributed by atoms with Gasteiger partial charge in [-0.3, -0.25) is 4.79 Å². The van der Waals surface area contributed by atoms with Gasteiger partial charge in [-0.2, -0.15) is 5.26 Å². The molecule has 2 rings (SSSR count). The molecule has 7 heteroatoms. The number of nitriles is 1. The summed E-state index contributed by atoms with van der Waals surface area (Å²) >= 11 is 9.28. The SMILES string of the molecule is CCOc1cc(/C=C(\C#N)C(=O)Nc2cccc(Cl)c2C)cc(Br)c1O. The van der Waals surface area contributed by atoms with Crippen LogP contribution < -0.4 is 10.1 Å². The van der Waals surface area contributed by atoms with Crippen molar-refractivity contribution in [3.05, 3.63) is 56.5 Å². The lowest BCUT2D eigenvalue weighted by Crippen LogP contribution is -2.14. The first-order valence-electron chi connectivity index (χ1n) is 7.71. The summed E-state index contributed by atoms with van der Waals surface area (Å²) in [6.07, 6.45) is 1.42. The number of benzene rings is 2. The van der Waals surface area contributed by atoms with Gasteiger partial charge in [0.05, 0.1) is 11.1 Å². The number of nitrogens with one attached hydrogen (secondary N) is 1. The number of anilines is 1. The second-order valence-corrected chi connectivity index (χ2v) is 6.58. The van der Waals surface area contributed by atoms with Crippen LogP contribution in [0.2, 0.25) is 5.02 Å². The smallest absolute Gasteiger partial charge is 0.266 e. The molecule has 0 saturated heterocycles. The van der Waals surface area contributed by atoms with Gasteiger partial charge in [-0.25, -0.2) is 0 Å². The van der Waals surface area contributed by atoms with E-state index in [0.717, 1.165) is 0 Å². The molecule has 2 aromatic rings. The van der Waals surface area contributed by atoms with Crippen LogP contribution in [0.15, 0.2) is 40.4 Å². The number of ether oxygens (including phenoxy) is 1. The molecule has 0 bridgehead atoms. The van der Waals surface area contributed by atoms with E-state index in [9.17, 15) is 15.2 Å². The minimum absolute atomic E-state index is 0.0403. The molecule has 0 fully saturated rings. The lowest BCUT2D eigenvalue weighted by atomic mass is 10.1. The maximum Gasteiger partial charge on any atom is 0.266 e. The van der Waals surface area contributed by atoms with Crippen molar-refractivity contribution in [1.29, 1.82) is 5.26 Å². The molecule has 0 atom stereocenters. The molecule has 0 aliphatic heterocycles. The molecular weight excluding hydrogens is 420 g/mol. The van der Waals surface area contributed by atoms with Crippen molar-refractivity contribution in [2.75, 3.05) is 11.9 Å². The third kappa shape index (κ3) is 4.57. The molecule has 2 aromatic carbocycles. The summed E-state index contributed by atoms with van der Waals surface area (Å²) in [6, 6.07) is 10.2. The van der Waals surface area contributed by atoms with Crippen molar-refractivity contribution in [2.45, 2.75) is 13.8 Å². The number of hydrogen-bond acceptors (Lipinski definition) is 4. The number of halogens is 2. The Morgan fingerprint density at radius 2 is 2.19 bits per heavy atom. The van der Waals surface area contributed by atoms with Gasteiger partial charge in [0.2, 0.25) is 0 Å². The molecule has 2 N–H and O–H groups in total. The van der Waals surface area contributed by atoms with E-state index < -0.39 is 5.91 Å². The fourth-order valence-corrected chi connectivity index (χ4v) is 2.82. The van der Waals surface area contributed by atoms with Crippen LogP contribution in [0, 0.1) is 18.3 Å². The third-order valence-corrected chi connectivity index (χ3v) is 4.56. The molecule has 0 spiro atoms. The molecule has 0 radical (unpaired) electrons. The largest absolute Gasteiger partial charge is 0.503 e. The van der Waals surface area contributed by atoms with Crippen molar-refractivity contribution >= 4 is 45.2 Å². The van der Waals surface area contributed by atoms with Crippen molar-refractivity contribution < 1.29 is 14.6 Å². The van der Waals surface area contributed by atoms with E-state index in [-0.39, 0.29) is 17.1 Å². The van der Waals surface area contributed by atoms with Crippen LogP contribution in [-0.4, -0.2) is 17.6 Å². The number of carbonyl (C=O) groups excluding carboxylic acids is 1. The fraction of sp³-hybridized carbons (Fsp3) is 0.158. The molecule has 0 aliphatic carbocycles. The predicted octanol–water partition coefficient (Wildman–Crippen LogP) is 5.06. The molecule has 0 unspecified atom stereocenters. The van der Waals surface area contributed by atoms with E-state index in [0.29, 0.717) is 32.9 Å². The summed E-state index contributed by atoms with van der Waals surface area (Å²) < 4.78 is 5.75. The highest BCUT2D eigenvalue weighted by molar-refractivity contribution is 9.10. The van der Waals surface area contributed by atoms with Gasteiger partial charge in [0, 0.05) is 10.7 Å². The molecule has 0 saturated carbocycles. The van der Waals surface area contributed by atoms with Crippen molar-refractivity contribution in [2.24, 2.45) is 0 Å². The summed E-state index contributed by atoms with van der Waals surface area (Å²) in [5.74, 6) is -0.335. The molecule has 1 amide bonds. The van der Waals surface area contributed by atoms with Crippen LogP contribution in [0.4, 0.5) is 5.69 Å². The van der Waals surface area contributed by atoms with Gasteiger partial charge >= 0.3 is 0 Å². The highest BCUT2D eigenvalue weighted by Gasteiger charge is 2.14. The number of carbonyl (C=O) groups is 1. The van der Waals surface area contributed by atoms with Gasteiger partial charge in [-0.1, -0.05) is 17.7 Å². The van der Waals surface area contributed by atoms with Gasteiger partial charge in [-0.15, -0.1) is 0 Å². The monoisotopic (exact) mass is 434 g/mol. The van der Waals surface area contributed by atoms with Gasteiger partial charge < -0.3 is 15.2 Å². The van der Waals surface area contributed by atoms with Crippen molar-refractivity contribution in [3.8, 4) is 17.6 Å². The lowest BCUT2D eigenvalue weighted by molar-refractivity contribution is -0.112. The summed E-state index contributed by atoms with van der Waals surface area (Å²) in [6.45, 7) is 3.93. The second-order valence-electron chi connectivity index (χ2n) is 5.32. The standard InChI is InChI=1S/C19H16BrClN2O3/c1-3-26-17-9-12(8-14(20)18(17)24)7-13(10-22)19(25)23-16-6-4-5-15(21)11(16)2/h4-9,24H,3H2,1-2H3,(H,23,25)/b13-7+. The first-order valence-corrected chi connectivity index (χ1v) is 8.88.